The number of hydrogen-bond acceptors (Lipinski definition) is 3. The Kier molecular flexibility index (Phi) is 4.19. The van der Waals surface area contributed by atoms with Gasteiger partial charge in [-0.05, 0) is 70.6 Å². The fraction of sp³-hybridized carbons (Fsp3) is 0.0769. The second-order valence-electron chi connectivity index (χ2n) is 3.86. The molecule has 0 saturated heterocycles. The zero-order valence-electron chi connectivity index (χ0n) is 9.58. The maximum Gasteiger partial charge on any atom is 0.131 e. The van der Waals surface area contributed by atoms with Gasteiger partial charge in [0, 0.05) is 8.59 Å². The number of rotatable bonds is 3. The summed E-state index contributed by atoms with van der Waals surface area (Å²) in [6.07, 6.45) is 0. The molecule has 0 amide bonds. The first-order valence-electron chi connectivity index (χ1n) is 5.26. The van der Waals surface area contributed by atoms with Crippen molar-refractivity contribution in [3.8, 4) is 0 Å². The summed E-state index contributed by atoms with van der Waals surface area (Å²) >= 11 is 8.16. The van der Waals surface area contributed by atoms with Crippen LogP contribution in [0.3, 0.4) is 0 Å². The molecule has 0 unspecified atom stereocenters. The number of halogens is 2. The van der Waals surface area contributed by atoms with Crippen LogP contribution < -0.4 is 5.32 Å². The topological polar surface area (TPSA) is 41.5 Å². The van der Waals surface area contributed by atoms with Gasteiger partial charge in [-0.2, -0.15) is 0 Å². The monoisotopic (exact) mass is 372 g/mol. The van der Waals surface area contributed by atoms with Crippen LogP contribution in [0.4, 0.5) is 17.1 Å². The fourth-order valence-corrected chi connectivity index (χ4v) is 2.53. The molecule has 0 atom stereocenters. The van der Waals surface area contributed by atoms with Gasteiger partial charge >= 0.3 is 0 Å². The number of nitroso groups, excluding NO2 is 1. The molecule has 0 aliphatic rings. The van der Waals surface area contributed by atoms with E-state index in [4.69, 9.17) is 11.6 Å². The third-order valence-electron chi connectivity index (χ3n) is 2.45. The van der Waals surface area contributed by atoms with E-state index < -0.39 is 0 Å². The molecule has 92 valence electrons. The Morgan fingerprint density at radius 3 is 2.61 bits per heavy atom. The van der Waals surface area contributed by atoms with E-state index in [2.05, 4.69) is 39.2 Å². The van der Waals surface area contributed by atoms with E-state index in [1.807, 2.05) is 19.1 Å². The number of nitrogens with one attached hydrogen (secondary N) is 1. The predicted molar refractivity (Wildman–Crippen MR) is 84.1 cm³/mol. The molecule has 2 rings (SSSR count). The molecule has 0 aromatic heterocycles. The average Bonchev–Trinajstić information content (AvgIpc) is 2.33. The molecule has 18 heavy (non-hydrogen) atoms. The average molecular weight is 373 g/mol. The highest BCUT2D eigenvalue weighted by Gasteiger charge is 2.06. The van der Waals surface area contributed by atoms with E-state index in [9.17, 15) is 4.91 Å². The molecule has 0 aliphatic heterocycles. The Morgan fingerprint density at radius 1 is 1.17 bits per heavy atom. The molecule has 2 aromatic carbocycles. The predicted octanol–water partition coefficient (Wildman–Crippen LogP) is 5.39. The Hall–Kier alpha value is -1.14. The summed E-state index contributed by atoms with van der Waals surface area (Å²) in [6.45, 7) is 2.03. The third kappa shape index (κ3) is 3.00. The number of anilines is 2. The van der Waals surface area contributed by atoms with E-state index in [1.165, 1.54) is 5.56 Å². The standard InChI is InChI=1S/C13H10ClIN2O/c1-8-2-4-11(10(15)6-8)16-13-7-9(14)3-5-12(13)17-18/h2-7,16H,1H3. The van der Waals surface area contributed by atoms with E-state index >= 15 is 0 Å². The van der Waals surface area contributed by atoms with Gasteiger partial charge in [-0.1, -0.05) is 17.7 Å². The quantitative estimate of drug-likeness (QED) is 0.579. The van der Waals surface area contributed by atoms with Crippen molar-refractivity contribution in [1.29, 1.82) is 0 Å². The minimum absolute atomic E-state index is 0.343. The van der Waals surface area contributed by atoms with Crippen LogP contribution >= 0.6 is 34.2 Å². The Bertz CT molecular complexity index is 602. The van der Waals surface area contributed by atoms with Crippen LogP contribution in [0, 0.1) is 15.4 Å². The molecule has 3 nitrogen and oxygen atoms in total. The van der Waals surface area contributed by atoms with Crippen LogP contribution in [0.1, 0.15) is 5.56 Å². The van der Waals surface area contributed by atoms with Crippen LogP contribution in [0.25, 0.3) is 0 Å². The van der Waals surface area contributed by atoms with Crippen molar-refractivity contribution in [1.82, 2.24) is 0 Å². The molecule has 0 heterocycles. The fourth-order valence-electron chi connectivity index (χ4n) is 1.55. The normalized spacial score (nSPS) is 10.2. The van der Waals surface area contributed by atoms with Crippen LogP contribution in [0.15, 0.2) is 41.6 Å². The summed E-state index contributed by atoms with van der Waals surface area (Å²) in [5.74, 6) is 0. The van der Waals surface area contributed by atoms with Gasteiger partial charge in [0.2, 0.25) is 0 Å². The lowest BCUT2D eigenvalue weighted by Crippen LogP contribution is -1.94. The Labute approximate surface area is 124 Å². The second-order valence-corrected chi connectivity index (χ2v) is 5.46. The van der Waals surface area contributed by atoms with Crippen molar-refractivity contribution in [2.45, 2.75) is 6.92 Å². The smallest absolute Gasteiger partial charge is 0.131 e. The maximum absolute atomic E-state index is 10.7. The number of hydrogen-bond donors (Lipinski definition) is 1. The van der Waals surface area contributed by atoms with Crippen molar-refractivity contribution in [2.75, 3.05) is 5.32 Å². The summed E-state index contributed by atoms with van der Waals surface area (Å²) in [5.41, 5.74) is 3.06. The molecule has 2 aromatic rings. The molecule has 1 N–H and O–H groups in total. The first-order valence-corrected chi connectivity index (χ1v) is 6.72. The van der Waals surface area contributed by atoms with Gasteiger partial charge in [0.1, 0.15) is 5.69 Å². The molecular weight excluding hydrogens is 363 g/mol. The minimum Gasteiger partial charge on any atom is -0.353 e. The van der Waals surface area contributed by atoms with E-state index in [0.29, 0.717) is 16.4 Å². The van der Waals surface area contributed by atoms with Crippen molar-refractivity contribution in [3.63, 3.8) is 0 Å². The van der Waals surface area contributed by atoms with Gasteiger partial charge in [-0.3, -0.25) is 0 Å². The molecule has 0 fully saturated rings. The van der Waals surface area contributed by atoms with E-state index in [1.54, 1.807) is 18.2 Å². The number of benzene rings is 2. The van der Waals surface area contributed by atoms with Gasteiger partial charge in [-0.25, -0.2) is 0 Å². The van der Waals surface area contributed by atoms with Gasteiger partial charge in [0.05, 0.1) is 11.4 Å². The molecule has 0 saturated carbocycles. The zero-order valence-corrected chi connectivity index (χ0v) is 12.5. The van der Waals surface area contributed by atoms with Crippen LogP contribution in [-0.4, -0.2) is 0 Å². The highest BCUT2D eigenvalue weighted by atomic mass is 127. The summed E-state index contributed by atoms with van der Waals surface area (Å²) in [6, 6.07) is 11.0. The van der Waals surface area contributed by atoms with Crippen molar-refractivity contribution in [3.05, 3.63) is 55.5 Å². The molecule has 0 radical (unpaired) electrons. The maximum atomic E-state index is 10.7. The lowest BCUT2D eigenvalue weighted by atomic mass is 10.2. The summed E-state index contributed by atoms with van der Waals surface area (Å²) in [4.78, 5) is 10.7. The van der Waals surface area contributed by atoms with Gasteiger partial charge in [0.25, 0.3) is 0 Å². The van der Waals surface area contributed by atoms with Crippen molar-refractivity contribution >= 4 is 51.3 Å². The minimum atomic E-state index is 0.343. The van der Waals surface area contributed by atoms with Gasteiger partial charge < -0.3 is 5.32 Å². The first-order chi connectivity index (χ1) is 8.60. The van der Waals surface area contributed by atoms with Gasteiger partial charge in [0.15, 0.2) is 0 Å². The number of aryl methyl sites for hydroxylation is 1. The van der Waals surface area contributed by atoms with Gasteiger partial charge in [-0.15, -0.1) is 4.91 Å². The highest BCUT2D eigenvalue weighted by molar-refractivity contribution is 14.1. The van der Waals surface area contributed by atoms with Crippen molar-refractivity contribution < 1.29 is 0 Å². The molecular formula is C13H10ClIN2O. The molecule has 0 spiro atoms. The van der Waals surface area contributed by atoms with Crippen LogP contribution in [-0.2, 0) is 0 Å². The first kappa shape index (κ1) is 13.3. The summed E-state index contributed by atoms with van der Waals surface area (Å²) in [7, 11) is 0. The number of nitrogens with zero attached hydrogens (tertiary/aromatic N) is 1. The van der Waals surface area contributed by atoms with E-state index in [-0.39, 0.29) is 0 Å². The molecule has 5 heteroatoms. The SMILES string of the molecule is Cc1ccc(Nc2cc(Cl)ccc2N=O)c(I)c1. The zero-order chi connectivity index (χ0) is 13.1. The lowest BCUT2D eigenvalue weighted by molar-refractivity contribution is 1.41. The molecule has 0 bridgehead atoms. The Balaban J connectivity index is 2.39. The summed E-state index contributed by atoms with van der Waals surface area (Å²) < 4.78 is 1.07. The third-order valence-corrected chi connectivity index (χ3v) is 3.58. The molecule has 0 aliphatic carbocycles. The second kappa shape index (κ2) is 5.67. The van der Waals surface area contributed by atoms with Crippen LogP contribution in [0.2, 0.25) is 5.02 Å². The van der Waals surface area contributed by atoms with Crippen LogP contribution in [0.5, 0.6) is 0 Å². The van der Waals surface area contributed by atoms with Crippen molar-refractivity contribution in [2.24, 2.45) is 5.18 Å². The Morgan fingerprint density at radius 2 is 1.94 bits per heavy atom. The van der Waals surface area contributed by atoms with E-state index in [0.717, 1.165) is 9.26 Å². The summed E-state index contributed by atoms with van der Waals surface area (Å²) in [5, 5.41) is 6.72. The largest absolute Gasteiger partial charge is 0.353 e. The highest BCUT2D eigenvalue weighted by Crippen LogP contribution is 2.32. The lowest BCUT2D eigenvalue weighted by Gasteiger charge is -2.10.